The number of hydrogen-bond acceptors (Lipinski definition) is 5. The maximum atomic E-state index is 12.4. The van der Waals surface area contributed by atoms with Crippen molar-refractivity contribution in [3.05, 3.63) is 0 Å². The second kappa shape index (κ2) is 8.36. The summed E-state index contributed by atoms with van der Waals surface area (Å²) in [7, 11) is 1.47. The predicted octanol–water partition coefficient (Wildman–Crippen LogP) is 3.34. The van der Waals surface area contributed by atoms with Crippen LogP contribution in [0, 0.1) is 0 Å². The maximum Gasteiger partial charge on any atom is 0.412 e. The lowest BCUT2D eigenvalue weighted by Crippen LogP contribution is -2.49. The van der Waals surface area contributed by atoms with Gasteiger partial charge in [-0.25, -0.2) is 9.59 Å². The van der Waals surface area contributed by atoms with E-state index in [1.807, 2.05) is 6.92 Å². The molecule has 6 nitrogen and oxygen atoms in total. The van der Waals surface area contributed by atoms with Crippen molar-refractivity contribution < 1.29 is 23.8 Å². The molecule has 0 aromatic heterocycles. The normalized spacial score (nSPS) is 13.5. The van der Waals surface area contributed by atoms with Crippen LogP contribution in [-0.4, -0.2) is 48.0 Å². The molecule has 0 saturated heterocycles. The molecule has 0 saturated carbocycles. The van der Waals surface area contributed by atoms with Gasteiger partial charge in [-0.15, -0.1) is 0 Å². The van der Waals surface area contributed by atoms with E-state index in [1.54, 1.807) is 41.5 Å². The summed E-state index contributed by atoms with van der Waals surface area (Å²) < 4.78 is 15.8. The van der Waals surface area contributed by atoms with Crippen LogP contribution in [0.25, 0.3) is 0 Å². The van der Waals surface area contributed by atoms with Crippen LogP contribution in [0.3, 0.4) is 0 Å². The summed E-state index contributed by atoms with van der Waals surface area (Å²) in [5.74, 6) is -0.447. The third kappa shape index (κ3) is 8.22. The molecular weight excluding hydrogens is 286 g/mol. The minimum atomic E-state index is -0.723. The fourth-order valence-electron chi connectivity index (χ4n) is 1.77. The zero-order chi connectivity index (χ0) is 17.6. The highest BCUT2D eigenvalue weighted by Gasteiger charge is 2.35. The lowest BCUT2D eigenvalue weighted by Gasteiger charge is -2.33. The molecule has 0 spiro atoms. The first-order chi connectivity index (χ1) is 9.91. The number of methoxy groups -OCH3 is 1. The van der Waals surface area contributed by atoms with Gasteiger partial charge < -0.3 is 14.2 Å². The van der Waals surface area contributed by atoms with E-state index >= 15 is 0 Å². The van der Waals surface area contributed by atoms with E-state index in [4.69, 9.17) is 14.2 Å². The van der Waals surface area contributed by atoms with Crippen LogP contribution in [-0.2, 0) is 19.0 Å². The van der Waals surface area contributed by atoms with E-state index < -0.39 is 29.3 Å². The molecule has 0 aliphatic heterocycles. The van der Waals surface area contributed by atoms with E-state index in [-0.39, 0.29) is 6.73 Å². The average Bonchev–Trinajstić information content (AvgIpc) is 2.29. The van der Waals surface area contributed by atoms with Gasteiger partial charge in [-0.3, -0.25) is 4.90 Å². The third-order valence-electron chi connectivity index (χ3n) is 2.51. The summed E-state index contributed by atoms with van der Waals surface area (Å²) in [6, 6.07) is -0.723. The minimum absolute atomic E-state index is 0.0289. The number of hydrogen-bond donors (Lipinski definition) is 0. The Kier molecular flexibility index (Phi) is 7.87. The molecular formula is C16H31NO5. The van der Waals surface area contributed by atoms with Gasteiger partial charge in [0.25, 0.3) is 0 Å². The molecule has 6 heteroatoms. The van der Waals surface area contributed by atoms with Crippen molar-refractivity contribution >= 4 is 12.1 Å². The van der Waals surface area contributed by atoms with Crippen molar-refractivity contribution in [1.29, 1.82) is 0 Å². The van der Waals surface area contributed by atoms with Crippen LogP contribution in [0.15, 0.2) is 0 Å². The summed E-state index contributed by atoms with van der Waals surface area (Å²) >= 11 is 0. The second-order valence-electron chi connectivity index (χ2n) is 7.21. The SMILES string of the molecule is CCC[C@@H](C(=O)OC(C)(C)C)N(COC)C(=O)OC(C)(C)C. The fourth-order valence-corrected chi connectivity index (χ4v) is 1.77. The highest BCUT2D eigenvalue weighted by Crippen LogP contribution is 2.18. The molecule has 0 aromatic carbocycles. The Morgan fingerprint density at radius 1 is 1.00 bits per heavy atom. The Bertz CT molecular complexity index is 332. The quantitative estimate of drug-likeness (QED) is 0.555. The van der Waals surface area contributed by atoms with Crippen LogP contribution < -0.4 is 0 Å². The summed E-state index contributed by atoms with van der Waals surface area (Å²) in [6.07, 6.45) is 0.628. The van der Waals surface area contributed by atoms with E-state index in [9.17, 15) is 9.59 Å². The average molecular weight is 317 g/mol. The Morgan fingerprint density at radius 3 is 1.86 bits per heavy atom. The molecule has 0 bridgehead atoms. The zero-order valence-corrected chi connectivity index (χ0v) is 15.2. The number of carbonyl (C=O) groups excluding carboxylic acids is 2. The van der Waals surface area contributed by atoms with Gasteiger partial charge in [0.2, 0.25) is 0 Å². The standard InChI is InChI=1S/C16H31NO5/c1-9-10-12(13(18)21-15(2,3)4)17(11-20-8)14(19)22-16(5,6)7/h12H,9-11H2,1-8H3/t12-/m0/s1. The topological polar surface area (TPSA) is 65.1 Å². The first kappa shape index (κ1) is 20.7. The van der Waals surface area contributed by atoms with Gasteiger partial charge in [0.15, 0.2) is 0 Å². The molecule has 0 N–H and O–H groups in total. The number of rotatable bonds is 6. The molecule has 0 aliphatic rings. The number of amides is 1. The number of carbonyl (C=O) groups is 2. The zero-order valence-electron chi connectivity index (χ0n) is 15.2. The summed E-state index contributed by atoms with van der Waals surface area (Å²) in [6.45, 7) is 12.6. The Balaban J connectivity index is 5.25. The lowest BCUT2D eigenvalue weighted by atomic mass is 10.1. The first-order valence-corrected chi connectivity index (χ1v) is 7.62. The molecule has 0 rings (SSSR count). The third-order valence-corrected chi connectivity index (χ3v) is 2.51. The molecule has 0 radical (unpaired) electrons. The van der Waals surface area contributed by atoms with Crippen LogP contribution >= 0.6 is 0 Å². The predicted molar refractivity (Wildman–Crippen MR) is 84.5 cm³/mol. The van der Waals surface area contributed by atoms with Gasteiger partial charge in [-0.2, -0.15) is 0 Å². The highest BCUT2D eigenvalue weighted by atomic mass is 16.6. The first-order valence-electron chi connectivity index (χ1n) is 7.62. The second-order valence-corrected chi connectivity index (χ2v) is 7.21. The van der Waals surface area contributed by atoms with E-state index in [0.29, 0.717) is 6.42 Å². The molecule has 0 aliphatic carbocycles. The van der Waals surface area contributed by atoms with Crippen LogP contribution in [0.4, 0.5) is 4.79 Å². The van der Waals surface area contributed by atoms with Gasteiger partial charge in [0.1, 0.15) is 24.0 Å². The van der Waals surface area contributed by atoms with Crippen LogP contribution in [0.1, 0.15) is 61.3 Å². The molecule has 0 fully saturated rings. The van der Waals surface area contributed by atoms with Crippen molar-refractivity contribution in [3.8, 4) is 0 Å². The van der Waals surface area contributed by atoms with Gasteiger partial charge in [0, 0.05) is 7.11 Å². The van der Waals surface area contributed by atoms with E-state index in [1.165, 1.54) is 12.0 Å². The van der Waals surface area contributed by atoms with Crippen molar-refractivity contribution in [3.63, 3.8) is 0 Å². The van der Waals surface area contributed by atoms with Crippen molar-refractivity contribution in [2.45, 2.75) is 78.6 Å². The smallest absolute Gasteiger partial charge is 0.412 e. The molecule has 0 heterocycles. The molecule has 0 unspecified atom stereocenters. The lowest BCUT2D eigenvalue weighted by molar-refractivity contribution is -0.163. The number of esters is 1. The van der Waals surface area contributed by atoms with Crippen molar-refractivity contribution in [2.75, 3.05) is 13.8 Å². The minimum Gasteiger partial charge on any atom is -0.458 e. The van der Waals surface area contributed by atoms with E-state index in [2.05, 4.69) is 0 Å². The largest absolute Gasteiger partial charge is 0.458 e. The fraction of sp³-hybridized carbons (Fsp3) is 0.875. The van der Waals surface area contributed by atoms with E-state index in [0.717, 1.165) is 6.42 Å². The molecule has 0 aromatic rings. The maximum absolute atomic E-state index is 12.4. The molecule has 1 amide bonds. The van der Waals surface area contributed by atoms with Crippen LogP contribution in [0.2, 0.25) is 0 Å². The summed E-state index contributed by atoms with van der Waals surface area (Å²) in [5, 5.41) is 0. The summed E-state index contributed by atoms with van der Waals surface area (Å²) in [5.41, 5.74) is -1.26. The Hall–Kier alpha value is -1.30. The van der Waals surface area contributed by atoms with Crippen molar-refractivity contribution in [1.82, 2.24) is 4.90 Å². The molecule has 1 atom stereocenters. The number of nitrogens with zero attached hydrogens (tertiary/aromatic N) is 1. The summed E-state index contributed by atoms with van der Waals surface area (Å²) in [4.78, 5) is 26.0. The Morgan fingerprint density at radius 2 is 1.50 bits per heavy atom. The van der Waals surface area contributed by atoms with Crippen molar-refractivity contribution in [2.24, 2.45) is 0 Å². The van der Waals surface area contributed by atoms with Crippen LogP contribution in [0.5, 0.6) is 0 Å². The monoisotopic (exact) mass is 317 g/mol. The Labute approximate surface area is 134 Å². The van der Waals surface area contributed by atoms with Gasteiger partial charge in [0.05, 0.1) is 0 Å². The molecule has 130 valence electrons. The highest BCUT2D eigenvalue weighted by molar-refractivity contribution is 5.81. The van der Waals surface area contributed by atoms with Gasteiger partial charge in [-0.1, -0.05) is 13.3 Å². The number of ether oxygens (including phenoxy) is 3. The van der Waals surface area contributed by atoms with Gasteiger partial charge >= 0.3 is 12.1 Å². The van der Waals surface area contributed by atoms with Gasteiger partial charge in [-0.05, 0) is 48.0 Å². The molecule has 22 heavy (non-hydrogen) atoms.